The molecule has 0 saturated carbocycles. The fourth-order valence-electron chi connectivity index (χ4n) is 3.38. The number of nitrogens with two attached hydrogens (primary N) is 1. The largest absolute Gasteiger partial charge is 0.397 e. The van der Waals surface area contributed by atoms with E-state index in [1.54, 1.807) is 6.07 Å². The molecule has 2 N–H and O–H groups in total. The highest BCUT2D eigenvalue weighted by molar-refractivity contribution is 5.70. The van der Waals surface area contributed by atoms with E-state index in [1.165, 1.54) is 19.4 Å². The SMILES string of the molecule is CC1CN2CCCC2CN1c1cc(C#N)ccc1N. The van der Waals surface area contributed by atoms with Crippen molar-refractivity contribution in [3.05, 3.63) is 23.8 Å². The quantitative estimate of drug-likeness (QED) is 0.779. The molecule has 19 heavy (non-hydrogen) atoms. The summed E-state index contributed by atoms with van der Waals surface area (Å²) in [5.41, 5.74) is 8.60. The molecule has 4 heteroatoms. The second-order valence-corrected chi connectivity index (χ2v) is 5.68. The van der Waals surface area contributed by atoms with Crippen LogP contribution in [0.5, 0.6) is 0 Å². The molecule has 0 amide bonds. The Morgan fingerprint density at radius 2 is 2.21 bits per heavy atom. The Balaban J connectivity index is 1.91. The molecule has 2 heterocycles. The van der Waals surface area contributed by atoms with Gasteiger partial charge in [-0.25, -0.2) is 0 Å². The van der Waals surface area contributed by atoms with Gasteiger partial charge in [-0.1, -0.05) is 0 Å². The van der Waals surface area contributed by atoms with E-state index >= 15 is 0 Å². The molecule has 2 fully saturated rings. The van der Waals surface area contributed by atoms with Gasteiger partial charge in [0.1, 0.15) is 0 Å². The van der Waals surface area contributed by atoms with Crippen molar-refractivity contribution in [1.29, 1.82) is 5.26 Å². The monoisotopic (exact) mass is 256 g/mol. The van der Waals surface area contributed by atoms with Gasteiger partial charge in [-0.05, 0) is 44.5 Å². The van der Waals surface area contributed by atoms with Crippen molar-refractivity contribution in [1.82, 2.24) is 4.90 Å². The summed E-state index contributed by atoms with van der Waals surface area (Å²) >= 11 is 0. The minimum absolute atomic E-state index is 0.450. The summed E-state index contributed by atoms with van der Waals surface area (Å²) in [6, 6.07) is 8.87. The number of piperazine rings is 1. The van der Waals surface area contributed by atoms with Crippen molar-refractivity contribution < 1.29 is 0 Å². The van der Waals surface area contributed by atoms with E-state index in [1.807, 2.05) is 12.1 Å². The lowest BCUT2D eigenvalue weighted by Crippen LogP contribution is -2.55. The molecule has 0 aliphatic carbocycles. The van der Waals surface area contributed by atoms with Crippen LogP contribution in [0.25, 0.3) is 0 Å². The Bertz CT molecular complexity index is 519. The number of hydrogen-bond acceptors (Lipinski definition) is 4. The van der Waals surface area contributed by atoms with Crippen molar-refractivity contribution in [2.24, 2.45) is 0 Å². The summed E-state index contributed by atoms with van der Waals surface area (Å²) in [7, 11) is 0. The number of benzene rings is 1. The Morgan fingerprint density at radius 1 is 1.37 bits per heavy atom. The highest BCUT2D eigenvalue weighted by Crippen LogP contribution is 2.32. The van der Waals surface area contributed by atoms with E-state index in [0.717, 1.165) is 24.5 Å². The Morgan fingerprint density at radius 3 is 3.00 bits per heavy atom. The van der Waals surface area contributed by atoms with Crippen LogP contribution in [0.2, 0.25) is 0 Å². The van der Waals surface area contributed by atoms with Crippen LogP contribution in [0.1, 0.15) is 25.3 Å². The summed E-state index contributed by atoms with van der Waals surface area (Å²) in [6.07, 6.45) is 2.58. The minimum atomic E-state index is 0.450. The van der Waals surface area contributed by atoms with Gasteiger partial charge in [0.2, 0.25) is 0 Å². The molecule has 0 radical (unpaired) electrons. The van der Waals surface area contributed by atoms with Crippen LogP contribution in [0.15, 0.2) is 18.2 Å². The first kappa shape index (κ1) is 12.3. The second-order valence-electron chi connectivity index (χ2n) is 5.68. The van der Waals surface area contributed by atoms with E-state index in [2.05, 4.69) is 22.8 Å². The highest BCUT2D eigenvalue weighted by Gasteiger charge is 2.34. The zero-order chi connectivity index (χ0) is 13.4. The normalized spacial score (nSPS) is 27.1. The fraction of sp³-hybridized carbons (Fsp3) is 0.533. The maximum atomic E-state index is 9.05. The third-order valence-electron chi connectivity index (χ3n) is 4.41. The summed E-state index contributed by atoms with van der Waals surface area (Å²) in [4.78, 5) is 4.97. The van der Waals surface area contributed by atoms with Gasteiger partial charge in [0.15, 0.2) is 0 Å². The van der Waals surface area contributed by atoms with Crippen molar-refractivity contribution in [2.45, 2.75) is 31.8 Å². The molecule has 0 spiro atoms. The van der Waals surface area contributed by atoms with Crippen LogP contribution in [-0.2, 0) is 0 Å². The standard InChI is InChI=1S/C15H20N4/c1-11-9-18-6-2-3-13(18)10-19(11)15-7-12(8-16)4-5-14(15)17/h4-5,7,11,13H,2-3,6,9-10,17H2,1H3. The lowest BCUT2D eigenvalue weighted by molar-refractivity contribution is 0.203. The Hall–Kier alpha value is -1.73. The van der Waals surface area contributed by atoms with E-state index in [9.17, 15) is 0 Å². The van der Waals surface area contributed by atoms with Gasteiger partial charge in [-0.3, -0.25) is 4.90 Å². The second kappa shape index (κ2) is 4.75. The van der Waals surface area contributed by atoms with Crippen molar-refractivity contribution >= 4 is 11.4 Å². The highest BCUT2D eigenvalue weighted by atomic mass is 15.3. The van der Waals surface area contributed by atoms with Gasteiger partial charge in [-0.15, -0.1) is 0 Å². The molecule has 2 saturated heterocycles. The summed E-state index contributed by atoms with van der Waals surface area (Å²) in [6.45, 7) is 5.60. The molecule has 2 aliphatic heterocycles. The molecule has 2 atom stereocenters. The van der Waals surface area contributed by atoms with Gasteiger partial charge >= 0.3 is 0 Å². The maximum Gasteiger partial charge on any atom is 0.0992 e. The molecular weight excluding hydrogens is 236 g/mol. The van der Waals surface area contributed by atoms with Crippen molar-refractivity contribution in [2.75, 3.05) is 30.3 Å². The van der Waals surface area contributed by atoms with E-state index < -0.39 is 0 Å². The number of fused-ring (bicyclic) bond motifs is 1. The predicted octanol–water partition coefficient (Wildman–Crippen LogP) is 1.81. The first-order chi connectivity index (χ1) is 9.19. The van der Waals surface area contributed by atoms with E-state index in [-0.39, 0.29) is 0 Å². The first-order valence-electron chi connectivity index (χ1n) is 6.99. The molecular formula is C15H20N4. The molecule has 2 unspecified atom stereocenters. The van der Waals surface area contributed by atoms with Crippen LogP contribution in [0.3, 0.4) is 0 Å². The van der Waals surface area contributed by atoms with Gasteiger partial charge in [0.25, 0.3) is 0 Å². The molecule has 1 aromatic carbocycles. The average Bonchev–Trinajstić information content (AvgIpc) is 2.85. The lowest BCUT2D eigenvalue weighted by Gasteiger charge is -2.44. The number of anilines is 2. The Kier molecular flexibility index (Phi) is 3.08. The third kappa shape index (κ3) is 2.15. The van der Waals surface area contributed by atoms with Crippen LogP contribution in [0, 0.1) is 11.3 Å². The summed E-state index contributed by atoms with van der Waals surface area (Å²) in [5, 5.41) is 9.05. The van der Waals surface area contributed by atoms with Crippen molar-refractivity contribution in [3.63, 3.8) is 0 Å². The Labute approximate surface area is 114 Å². The number of nitrogens with zero attached hydrogens (tertiary/aromatic N) is 3. The summed E-state index contributed by atoms with van der Waals surface area (Å²) in [5.74, 6) is 0. The molecule has 1 aromatic rings. The van der Waals surface area contributed by atoms with Gasteiger partial charge in [0, 0.05) is 25.2 Å². The third-order valence-corrected chi connectivity index (χ3v) is 4.41. The first-order valence-corrected chi connectivity index (χ1v) is 6.99. The van der Waals surface area contributed by atoms with Gasteiger partial charge < -0.3 is 10.6 Å². The van der Waals surface area contributed by atoms with E-state index in [0.29, 0.717) is 17.6 Å². The molecule has 100 valence electrons. The molecule has 3 rings (SSSR count). The molecule has 0 aromatic heterocycles. The molecule has 4 nitrogen and oxygen atoms in total. The summed E-state index contributed by atoms with van der Waals surface area (Å²) < 4.78 is 0. The van der Waals surface area contributed by atoms with Crippen LogP contribution < -0.4 is 10.6 Å². The van der Waals surface area contributed by atoms with Crippen LogP contribution in [-0.4, -0.2) is 36.6 Å². The molecule has 0 bridgehead atoms. The number of rotatable bonds is 1. The van der Waals surface area contributed by atoms with Gasteiger partial charge in [0.05, 0.1) is 23.0 Å². The lowest BCUT2D eigenvalue weighted by atomic mass is 10.1. The minimum Gasteiger partial charge on any atom is -0.397 e. The van der Waals surface area contributed by atoms with Gasteiger partial charge in [-0.2, -0.15) is 5.26 Å². The number of nitrogen functional groups attached to an aromatic ring is 1. The zero-order valence-electron chi connectivity index (χ0n) is 11.3. The fourth-order valence-corrected chi connectivity index (χ4v) is 3.38. The number of nitriles is 1. The molecule has 2 aliphatic rings. The van der Waals surface area contributed by atoms with Crippen LogP contribution >= 0.6 is 0 Å². The predicted molar refractivity (Wildman–Crippen MR) is 77.0 cm³/mol. The maximum absolute atomic E-state index is 9.05. The van der Waals surface area contributed by atoms with Crippen LogP contribution in [0.4, 0.5) is 11.4 Å². The van der Waals surface area contributed by atoms with Crippen molar-refractivity contribution in [3.8, 4) is 6.07 Å². The zero-order valence-corrected chi connectivity index (χ0v) is 11.3. The number of hydrogen-bond donors (Lipinski definition) is 1. The van der Waals surface area contributed by atoms with E-state index in [4.69, 9.17) is 11.0 Å². The average molecular weight is 256 g/mol. The smallest absolute Gasteiger partial charge is 0.0992 e. The topological polar surface area (TPSA) is 56.3 Å².